The van der Waals surface area contributed by atoms with Crippen molar-refractivity contribution in [2.75, 3.05) is 13.7 Å². The fourth-order valence-corrected chi connectivity index (χ4v) is 3.85. The van der Waals surface area contributed by atoms with Crippen LogP contribution in [0.1, 0.15) is 11.1 Å². The standard InChI is InChI=1S/C17H19N3O3S/c1-12-9-14(23-2)4-6-17(12)24(21,22)20-8-7-13-3-5-15-16(10-13)19-11-18-15/h3-6,9-11,20H,7-8H2,1-2H3,(H,18,19). The van der Waals surface area contributed by atoms with E-state index in [1.807, 2.05) is 18.2 Å². The molecule has 0 atom stereocenters. The summed E-state index contributed by atoms with van der Waals surface area (Å²) in [5.41, 5.74) is 3.54. The molecule has 0 unspecified atom stereocenters. The average molecular weight is 345 g/mol. The molecule has 0 bridgehead atoms. The van der Waals surface area contributed by atoms with Crippen molar-refractivity contribution in [2.45, 2.75) is 18.2 Å². The monoisotopic (exact) mass is 345 g/mol. The maximum absolute atomic E-state index is 12.4. The van der Waals surface area contributed by atoms with Crippen molar-refractivity contribution in [2.24, 2.45) is 0 Å². The molecule has 2 N–H and O–H groups in total. The summed E-state index contributed by atoms with van der Waals surface area (Å²) in [4.78, 5) is 7.49. The molecule has 0 saturated heterocycles. The number of H-pyrrole nitrogens is 1. The van der Waals surface area contributed by atoms with Crippen molar-refractivity contribution < 1.29 is 13.2 Å². The Labute approximate surface area is 140 Å². The second-order valence-corrected chi connectivity index (χ2v) is 7.27. The molecule has 1 heterocycles. The van der Waals surface area contributed by atoms with Crippen LogP contribution in [-0.2, 0) is 16.4 Å². The van der Waals surface area contributed by atoms with Gasteiger partial charge in [0.2, 0.25) is 10.0 Å². The summed E-state index contributed by atoms with van der Waals surface area (Å²) >= 11 is 0. The van der Waals surface area contributed by atoms with Crippen LogP contribution in [0.5, 0.6) is 5.75 Å². The van der Waals surface area contributed by atoms with Crippen LogP contribution < -0.4 is 9.46 Å². The largest absolute Gasteiger partial charge is 0.497 e. The van der Waals surface area contributed by atoms with E-state index in [1.165, 1.54) is 0 Å². The van der Waals surface area contributed by atoms with Crippen LogP contribution in [-0.4, -0.2) is 32.0 Å². The predicted octanol–water partition coefficient (Wildman–Crippen LogP) is 2.40. The van der Waals surface area contributed by atoms with Crippen LogP contribution in [0.3, 0.4) is 0 Å². The summed E-state index contributed by atoms with van der Waals surface area (Å²) in [7, 11) is -1.99. The molecule has 3 rings (SSSR count). The Hall–Kier alpha value is -2.38. The number of aromatic nitrogens is 2. The number of fused-ring (bicyclic) bond motifs is 1. The molecule has 0 aliphatic carbocycles. The van der Waals surface area contributed by atoms with Gasteiger partial charge in [-0.25, -0.2) is 18.1 Å². The zero-order chi connectivity index (χ0) is 17.2. The number of rotatable bonds is 6. The van der Waals surface area contributed by atoms with Gasteiger partial charge in [0.15, 0.2) is 0 Å². The summed E-state index contributed by atoms with van der Waals surface area (Å²) in [6, 6.07) is 10.8. The fraction of sp³-hybridized carbons (Fsp3) is 0.235. The molecule has 6 nitrogen and oxygen atoms in total. The number of ether oxygens (including phenoxy) is 1. The lowest BCUT2D eigenvalue weighted by Gasteiger charge is -2.10. The number of nitrogens with zero attached hydrogens (tertiary/aromatic N) is 1. The van der Waals surface area contributed by atoms with Crippen LogP contribution in [0.25, 0.3) is 11.0 Å². The van der Waals surface area contributed by atoms with Gasteiger partial charge in [0.25, 0.3) is 0 Å². The highest BCUT2D eigenvalue weighted by atomic mass is 32.2. The van der Waals surface area contributed by atoms with Gasteiger partial charge in [-0.05, 0) is 54.8 Å². The Morgan fingerprint density at radius 3 is 2.79 bits per heavy atom. The molecule has 0 fully saturated rings. The van der Waals surface area contributed by atoms with E-state index in [9.17, 15) is 8.42 Å². The van der Waals surface area contributed by atoms with Crippen molar-refractivity contribution in [3.63, 3.8) is 0 Å². The molecule has 0 saturated carbocycles. The smallest absolute Gasteiger partial charge is 0.240 e. The number of sulfonamides is 1. The molecule has 0 spiro atoms. The van der Waals surface area contributed by atoms with E-state index in [1.54, 1.807) is 38.6 Å². The second-order valence-electron chi connectivity index (χ2n) is 5.53. The van der Waals surface area contributed by atoms with Crippen LogP contribution in [0.2, 0.25) is 0 Å². The van der Waals surface area contributed by atoms with Crippen LogP contribution in [0.4, 0.5) is 0 Å². The Balaban J connectivity index is 1.68. The summed E-state index contributed by atoms with van der Waals surface area (Å²) in [6.07, 6.45) is 2.24. The minimum atomic E-state index is -3.54. The quantitative estimate of drug-likeness (QED) is 0.718. The van der Waals surface area contributed by atoms with E-state index < -0.39 is 10.0 Å². The first-order valence-electron chi connectivity index (χ1n) is 7.56. The maximum Gasteiger partial charge on any atom is 0.240 e. The van der Waals surface area contributed by atoms with Gasteiger partial charge in [0.1, 0.15) is 5.75 Å². The number of nitrogens with one attached hydrogen (secondary N) is 2. The maximum atomic E-state index is 12.4. The molecular formula is C17H19N3O3S. The van der Waals surface area contributed by atoms with E-state index in [4.69, 9.17) is 4.74 Å². The first kappa shape index (κ1) is 16.5. The highest BCUT2D eigenvalue weighted by Crippen LogP contribution is 2.20. The van der Waals surface area contributed by atoms with Crippen LogP contribution in [0, 0.1) is 6.92 Å². The van der Waals surface area contributed by atoms with E-state index in [2.05, 4.69) is 14.7 Å². The lowest BCUT2D eigenvalue weighted by atomic mass is 10.1. The third-order valence-electron chi connectivity index (χ3n) is 3.86. The van der Waals surface area contributed by atoms with Gasteiger partial charge in [0, 0.05) is 6.54 Å². The molecule has 126 valence electrons. The first-order chi connectivity index (χ1) is 11.5. The minimum Gasteiger partial charge on any atom is -0.497 e. The minimum absolute atomic E-state index is 0.271. The predicted molar refractivity (Wildman–Crippen MR) is 92.7 cm³/mol. The van der Waals surface area contributed by atoms with E-state index in [0.29, 0.717) is 24.3 Å². The number of benzene rings is 2. The topological polar surface area (TPSA) is 84.1 Å². The van der Waals surface area contributed by atoms with Crippen molar-refractivity contribution in [1.29, 1.82) is 0 Å². The highest BCUT2D eigenvalue weighted by Gasteiger charge is 2.16. The van der Waals surface area contributed by atoms with Crippen LogP contribution >= 0.6 is 0 Å². The van der Waals surface area contributed by atoms with Gasteiger partial charge in [0.05, 0.1) is 29.4 Å². The third kappa shape index (κ3) is 3.42. The van der Waals surface area contributed by atoms with Gasteiger partial charge in [-0.2, -0.15) is 0 Å². The molecular weight excluding hydrogens is 326 g/mol. The molecule has 0 aliphatic heterocycles. The van der Waals surface area contributed by atoms with Gasteiger partial charge in [-0.1, -0.05) is 6.07 Å². The molecule has 0 aliphatic rings. The van der Waals surface area contributed by atoms with E-state index in [-0.39, 0.29) is 4.90 Å². The lowest BCUT2D eigenvalue weighted by Crippen LogP contribution is -2.26. The Kier molecular flexibility index (Phi) is 4.55. The van der Waals surface area contributed by atoms with Crippen molar-refractivity contribution in [3.05, 3.63) is 53.9 Å². The molecule has 0 radical (unpaired) electrons. The molecule has 1 aromatic heterocycles. The highest BCUT2D eigenvalue weighted by molar-refractivity contribution is 7.89. The van der Waals surface area contributed by atoms with Gasteiger partial charge in [-0.3, -0.25) is 0 Å². The SMILES string of the molecule is COc1ccc(S(=O)(=O)NCCc2ccc3nc[nH]c3c2)c(C)c1. The Morgan fingerprint density at radius 1 is 1.21 bits per heavy atom. The Morgan fingerprint density at radius 2 is 2.04 bits per heavy atom. The molecule has 3 aromatic rings. The van der Waals surface area contributed by atoms with Crippen molar-refractivity contribution in [3.8, 4) is 5.75 Å². The van der Waals surface area contributed by atoms with Gasteiger partial charge in [-0.15, -0.1) is 0 Å². The normalized spacial score (nSPS) is 11.8. The summed E-state index contributed by atoms with van der Waals surface area (Å²) in [5, 5.41) is 0. The van der Waals surface area contributed by atoms with Crippen molar-refractivity contribution in [1.82, 2.24) is 14.7 Å². The average Bonchev–Trinajstić information content (AvgIpc) is 3.02. The number of aromatic amines is 1. The fourth-order valence-electron chi connectivity index (χ4n) is 2.60. The molecule has 7 heteroatoms. The number of hydrogen-bond donors (Lipinski definition) is 2. The zero-order valence-electron chi connectivity index (χ0n) is 13.5. The Bertz CT molecular complexity index is 964. The zero-order valence-corrected chi connectivity index (χ0v) is 14.4. The number of imidazole rings is 1. The summed E-state index contributed by atoms with van der Waals surface area (Å²) in [6.45, 7) is 2.08. The molecule has 2 aromatic carbocycles. The third-order valence-corrected chi connectivity index (χ3v) is 5.48. The van der Waals surface area contributed by atoms with Crippen molar-refractivity contribution >= 4 is 21.1 Å². The summed E-state index contributed by atoms with van der Waals surface area (Å²) in [5.74, 6) is 0.638. The number of methoxy groups -OCH3 is 1. The molecule has 0 amide bonds. The first-order valence-corrected chi connectivity index (χ1v) is 9.04. The summed E-state index contributed by atoms with van der Waals surface area (Å²) < 4.78 is 32.6. The van der Waals surface area contributed by atoms with Gasteiger partial charge >= 0.3 is 0 Å². The second kappa shape index (κ2) is 6.62. The van der Waals surface area contributed by atoms with E-state index >= 15 is 0 Å². The number of hydrogen-bond acceptors (Lipinski definition) is 4. The number of aryl methyl sites for hydroxylation is 1. The van der Waals surface area contributed by atoms with Gasteiger partial charge < -0.3 is 9.72 Å². The van der Waals surface area contributed by atoms with Crippen LogP contribution in [0.15, 0.2) is 47.6 Å². The lowest BCUT2D eigenvalue weighted by molar-refractivity contribution is 0.414. The molecule has 24 heavy (non-hydrogen) atoms. The van der Waals surface area contributed by atoms with E-state index in [0.717, 1.165) is 16.6 Å².